The lowest BCUT2D eigenvalue weighted by Gasteiger charge is -2.19. The molecule has 7 heteroatoms. The number of aryl methyl sites for hydroxylation is 1. The summed E-state index contributed by atoms with van der Waals surface area (Å²) in [6, 6.07) is 15.1. The maximum Gasteiger partial charge on any atom is 0.263 e. The van der Waals surface area contributed by atoms with Crippen LogP contribution in [0.15, 0.2) is 53.1 Å². The molecule has 0 fully saturated rings. The number of rotatable bonds is 3. The van der Waals surface area contributed by atoms with Crippen molar-refractivity contribution < 1.29 is 9.32 Å². The molecule has 0 radical (unpaired) electrons. The summed E-state index contributed by atoms with van der Waals surface area (Å²) in [6.45, 7) is 8.12. The summed E-state index contributed by atoms with van der Waals surface area (Å²) in [5.41, 5.74) is 3.36. The van der Waals surface area contributed by atoms with E-state index in [2.05, 4.69) is 36.6 Å². The van der Waals surface area contributed by atoms with Crippen LogP contribution < -0.4 is 10.6 Å². The van der Waals surface area contributed by atoms with Crippen molar-refractivity contribution in [3.63, 3.8) is 0 Å². The number of hydrogen-bond acceptors (Lipinski definition) is 4. The van der Waals surface area contributed by atoms with Crippen LogP contribution in [0.5, 0.6) is 0 Å². The van der Waals surface area contributed by atoms with Crippen LogP contribution in [0.2, 0.25) is 5.02 Å². The average Bonchev–Trinajstić information content (AvgIpc) is 3.03. The summed E-state index contributed by atoms with van der Waals surface area (Å²) in [4.78, 5) is 12.8. The van der Waals surface area contributed by atoms with Crippen molar-refractivity contribution in [1.82, 2.24) is 10.5 Å². The minimum atomic E-state index is -0.414. The molecule has 0 aliphatic carbocycles. The molecule has 0 unspecified atom stereocenters. The van der Waals surface area contributed by atoms with Gasteiger partial charge in [0.2, 0.25) is 0 Å². The maximum atomic E-state index is 12.8. The Morgan fingerprint density at radius 2 is 1.76 bits per heavy atom. The monoisotopic (exact) mass is 427 g/mol. The highest BCUT2D eigenvalue weighted by molar-refractivity contribution is 7.80. The van der Waals surface area contributed by atoms with Gasteiger partial charge in [-0.3, -0.25) is 10.1 Å². The van der Waals surface area contributed by atoms with Gasteiger partial charge in [-0.05, 0) is 48.3 Å². The van der Waals surface area contributed by atoms with Crippen LogP contribution in [0.1, 0.15) is 42.5 Å². The molecule has 2 N–H and O–H groups in total. The molecular formula is C22H22ClN3O2S. The lowest BCUT2D eigenvalue weighted by Crippen LogP contribution is -2.34. The van der Waals surface area contributed by atoms with Gasteiger partial charge in [0.05, 0.1) is 5.02 Å². The number of amides is 1. The van der Waals surface area contributed by atoms with Crippen molar-refractivity contribution in [3.05, 3.63) is 70.4 Å². The topological polar surface area (TPSA) is 67.2 Å². The molecule has 0 spiro atoms. The molecule has 29 heavy (non-hydrogen) atoms. The van der Waals surface area contributed by atoms with Gasteiger partial charge in [-0.25, -0.2) is 0 Å². The highest BCUT2D eigenvalue weighted by Gasteiger charge is 2.23. The van der Waals surface area contributed by atoms with E-state index in [1.54, 1.807) is 19.1 Å². The predicted octanol–water partition coefficient (Wildman–Crippen LogP) is 5.73. The van der Waals surface area contributed by atoms with Gasteiger partial charge >= 0.3 is 0 Å². The fourth-order valence-electron chi connectivity index (χ4n) is 2.86. The van der Waals surface area contributed by atoms with Crippen molar-refractivity contribution >= 4 is 40.5 Å². The molecule has 0 atom stereocenters. The molecule has 1 aromatic heterocycles. The minimum absolute atomic E-state index is 0.0637. The number of nitrogens with zero attached hydrogens (tertiary/aromatic N) is 1. The zero-order chi connectivity index (χ0) is 21.2. The van der Waals surface area contributed by atoms with Crippen molar-refractivity contribution in [2.24, 2.45) is 0 Å². The maximum absolute atomic E-state index is 12.8. The summed E-state index contributed by atoms with van der Waals surface area (Å²) < 4.78 is 5.24. The van der Waals surface area contributed by atoms with Crippen LogP contribution in [-0.2, 0) is 5.41 Å². The molecule has 0 aliphatic rings. The highest BCUT2D eigenvalue weighted by Crippen LogP contribution is 2.31. The Kier molecular flexibility index (Phi) is 6.05. The number of benzene rings is 2. The molecule has 1 heterocycles. The summed E-state index contributed by atoms with van der Waals surface area (Å²) in [5, 5.41) is 10.4. The van der Waals surface area contributed by atoms with Gasteiger partial charge in [0.1, 0.15) is 17.0 Å². The first kappa shape index (κ1) is 21.0. The molecule has 0 bridgehead atoms. The van der Waals surface area contributed by atoms with Gasteiger partial charge in [0.15, 0.2) is 5.11 Å². The molecule has 0 aliphatic heterocycles. The largest absolute Gasteiger partial charge is 0.360 e. The normalized spacial score (nSPS) is 11.2. The standard InChI is InChI=1S/C22H22ClN3O2S/c1-13-18(19(26-28-13)16-7-5-6-8-17(16)23)20(27)25-21(29)24-15-11-9-14(10-12-15)22(2,3)4/h5-12H,1-4H3,(H2,24,25,27,29). The lowest BCUT2D eigenvalue weighted by atomic mass is 9.87. The van der Waals surface area contributed by atoms with Crippen LogP contribution in [0.3, 0.4) is 0 Å². The SMILES string of the molecule is Cc1onc(-c2ccccc2Cl)c1C(=O)NC(=S)Nc1ccc(C(C)(C)C)cc1. The van der Waals surface area contributed by atoms with E-state index in [9.17, 15) is 4.79 Å². The van der Waals surface area contributed by atoms with Crippen molar-refractivity contribution in [2.45, 2.75) is 33.1 Å². The molecule has 2 aromatic carbocycles. The second-order valence-corrected chi connectivity index (χ2v) is 8.49. The Bertz CT molecular complexity index is 1050. The zero-order valence-corrected chi connectivity index (χ0v) is 18.2. The molecule has 5 nitrogen and oxygen atoms in total. The third-order valence-electron chi connectivity index (χ3n) is 4.45. The Hall–Kier alpha value is -2.70. The number of aromatic nitrogens is 1. The molecule has 0 saturated carbocycles. The summed E-state index contributed by atoms with van der Waals surface area (Å²) in [6.07, 6.45) is 0. The number of nitrogens with one attached hydrogen (secondary N) is 2. The molecule has 1 amide bonds. The predicted molar refractivity (Wildman–Crippen MR) is 121 cm³/mol. The number of thiocarbonyl (C=S) groups is 1. The van der Waals surface area contributed by atoms with E-state index in [1.807, 2.05) is 36.4 Å². The lowest BCUT2D eigenvalue weighted by molar-refractivity contribution is 0.0977. The van der Waals surface area contributed by atoms with E-state index >= 15 is 0 Å². The molecule has 3 aromatic rings. The molecule has 150 valence electrons. The summed E-state index contributed by atoms with van der Waals surface area (Å²) >= 11 is 11.6. The smallest absolute Gasteiger partial charge is 0.263 e. The average molecular weight is 428 g/mol. The van der Waals surface area contributed by atoms with Gasteiger partial charge in [-0.2, -0.15) is 0 Å². The van der Waals surface area contributed by atoms with Crippen LogP contribution in [0, 0.1) is 6.92 Å². The first-order chi connectivity index (χ1) is 13.7. The quantitative estimate of drug-likeness (QED) is 0.522. The first-order valence-electron chi connectivity index (χ1n) is 9.11. The van der Waals surface area contributed by atoms with E-state index in [4.69, 9.17) is 28.3 Å². The molecule has 3 rings (SSSR count). The van der Waals surface area contributed by atoms with E-state index < -0.39 is 5.91 Å². The van der Waals surface area contributed by atoms with Gasteiger partial charge in [0, 0.05) is 11.3 Å². The van der Waals surface area contributed by atoms with Crippen LogP contribution in [-0.4, -0.2) is 16.2 Å². The summed E-state index contributed by atoms with van der Waals surface area (Å²) in [7, 11) is 0. The third-order valence-corrected chi connectivity index (χ3v) is 4.99. The van der Waals surface area contributed by atoms with E-state index in [-0.39, 0.29) is 10.5 Å². The third kappa shape index (κ3) is 4.83. The van der Waals surface area contributed by atoms with Gasteiger partial charge in [-0.15, -0.1) is 0 Å². The fraction of sp³-hybridized carbons (Fsp3) is 0.227. The van der Waals surface area contributed by atoms with Crippen LogP contribution in [0.4, 0.5) is 5.69 Å². The zero-order valence-electron chi connectivity index (χ0n) is 16.7. The Morgan fingerprint density at radius 1 is 1.10 bits per heavy atom. The van der Waals surface area contributed by atoms with Crippen molar-refractivity contribution in [1.29, 1.82) is 0 Å². The van der Waals surface area contributed by atoms with Gasteiger partial charge in [-0.1, -0.05) is 67.9 Å². The summed E-state index contributed by atoms with van der Waals surface area (Å²) in [5.74, 6) is -0.0303. The Labute approximate surface area is 180 Å². The highest BCUT2D eigenvalue weighted by atomic mass is 35.5. The Balaban J connectivity index is 1.75. The fourth-order valence-corrected chi connectivity index (χ4v) is 3.29. The van der Waals surface area contributed by atoms with Crippen LogP contribution in [0.25, 0.3) is 11.3 Å². The Morgan fingerprint density at radius 3 is 2.38 bits per heavy atom. The number of carbonyl (C=O) groups is 1. The van der Waals surface area contributed by atoms with E-state index in [0.29, 0.717) is 27.6 Å². The van der Waals surface area contributed by atoms with Crippen LogP contribution >= 0.6 is 23.8 Å². The second-order valence-electron chi connectivity index (χ2n) is 7.68. The molecule has 0 saturated heterocycles. The number of carbonyl (C=O) groups excluding carboxylic acids is 1. The van der Waals surface area contributed by atoms with Gasteiger partial charge < -0.3 is 9.84 Å². The number of anilines is 1. The van der Waals surface area contributed by atoms with Crippen molar-refractivity contribution in [2.75, 3.05) is 5.32 Å². The number of halogens is 1. The van der Waals surface area contributed by atoms with Gasteiger partial charge in [0.25, 0.3) is 5.91 Å². The number of hydrogen-bond donors (Lipinski definition) is 2. The minimum Gasteiger partial charge on any atom is -0.360 e. The first-order valence-corrected chi connectivity index (χ1v) is 9.89. The second kappa shape index (κ2) is 8.35. The molecular weight excluding hydrogens is 406 g/mol. The van der Waals surface area contributed by atoms with Crippen molar-refractivity contribution in [3.8, 4) is 11.3 Å². The van der Waals surface area contributed by atoms with E-state index in [0.717, 1.165) is 5.69 Å². The van der Waals surface area contributed by atoms with E-state index in [1.165, 1.54) is 5.56 Å².